The van der Waals surface area contributed by atoms with Gasteiger partial charge in [-0.2, -0.15) is 0 Å². The first-order valence-corrected chi connectivity index (χ1v) is 6.23. The second-order valence-corrected chi connectivity index (χ2v) is 4.54. The number of esters is 1. The van der Waals surface area contributed by atoms with Crippen molar-refractivity contribution in [1.29, 1.82) is 0 Å². The Morgan fingerprint density at radius 1 is 1.37 bits per heavy atom. The molecule has 0 radical (unpaired) electrons. The molecule has 5 heteroatoms. The molecule has 0 saturated carbocycles. The molecule has 0 amide bonds. The molecule has 2 rings (SSSR count). The van der Waals surface area contributed by atoms with Gasteiger partial charge in [-0.1, -0.05) is 30.3 Å². The summed E-state index contributed by atoms with van der Waals surface area (Å²) in [5, 5.41) is 3.28. The molecule has 1 N–H and O–H groups in total. The van der Waals surface area contributed by atoms with Gasteiger partial charge in [-0.25, -0.2) is 0 Å². The molecule has 1 heterocycles. The van der Waals surface area contributed by atoms with Gasteiger partial charge in [0.25, 0.3) is 0 Å². The highest BCUT2D eigenvalue weighted by Crippen LogP contribution is 2.15. The van der Waals surface area contributed by atoms with E-state index in [-0.39, 0.29) is 30.5 Å². The van der Waals surface area contributed by atoms with Gasteiger partial charge in [0, 0.05) is 12.6 Å². The van der Waals surface area contributed by atoms with Crippen LogP contribution in [-0.2, 0) is 20.9 Å². The maximum absolute atomic E-state index is 11.2. The SMILES string of the molecule is COC(=O)CC1CC(OCc2ccccc2)CN1.Cl. The third kappa shape index (κ3) is 5.19. The molecule has 2 unspecified atom stereocenters. The first-order valence-electron chi connectivity index (χ1n) is 6.23. The van der Waals surface area contributed by atoms with Gasteiger partial charge in [0.15, 0.2) is 0 Å². The van der Waals surface area contributed by atoms with Gasteiger partial charge in [-0.15, -0.1) is 12.4 Å². The lowest BCUT2D eigenvalue weighted by Gasteiger charge is -2.11. The summed E-state index contributed by atoms with van der Waals surface area (Å²) in [6.07, 6.45) is 1.46. The predicted molar refractivity (Wildman–Crippen MR) is 75.3 cm³/mol. The Hall–Kier alpha value is -1.10. The second kappa shape index (κ2) is 8.15. The van der Waals surface area contributed by atoms with Crippen LogP contribution in [0.25, 0.3) is 0 Å². The number of carbonyl (C=O) groups is 1. The van der Waals surface area contributed by atoms with Crippen LogP contribution in [0.2, 0.25) is 0 Å². The highest BCUT2D eigenvalue weighted by atomic mass is 35.5. The van der Waals surface area contributed by atoms with Crippen molar-refractivity contribution < 1.29 is 14.3 Å². The molecule has 1 aliphatic heterocycles. The normalized spacial score (nSPS) is 21.7. The Morgan fingerprint density at radius 2 is 2.11 bits per heavy atom. The third-order valence-corrected chi connectivity index (χ3v) is 3.15. The number of halogens is 1. The Morgan fingerprint density at radius 3 is 2.79 bits per heavy atom. The fourth-order valence-electron chi connectivity index (χ4n) is 2.14. The molecule has 0 spiro atoms. The summed E-state index contributed by atoms with van der Waals surface area (Å²) in [5.41, 5.74) is 1.17. The number of benzene rings is 1. The van der Waals surface area contributed by atoms with E-state index in [9.17, 15) is 4.79 Å². The summed E-state index contributed by atoms with van der Waals surface area (Å²) in [6.45, 7) is 1.42. The number of hydrogen-bond donors (Lipinski definition) is 1. The molecular formula is C14H20ClNO3. The lowest BCUT2D eigenvalue weighted by Crippen LogP contribution is -2.25. The molecule has 19 heavy (non-hydrogen) atoms. The highest BCUT2D eigenvalue weighted by Gasteiger charge is 2.26. The quantitative estimate of drug-likeness (QED) is 0.840. The third-order valence-electron chi connectivity index (χ3n) is 3.15. The van der Waals surface area contributed by atoms with Gasteiger partial charge in [-0.3, -0.25) is 4.79 Å². The van der Waals surface area contributed by atoms with E-state index in [0.717, 1.165) is 13.0 Å². The Balaban J connectivity index is 0.00000180. The van der Waals surface area contributed by atoms with Crippen LogP contribution in [0.1, 0.15) is 18.4 Å². The number of ether oxygens (including phenoxy) is 2. The summed E-state index contributed by atoms with van der Waals surface area (Å²) in [5.74, 6) is -0.170. The Labute approximate surface area is 119 Å². The minimum atomic E-state index is -0.170. The fraction of sp³-hybridized carbons (Fsp3) is 0.500. The lowest BCUT2D eigenvalue weighted by molar-refractivity contribution is -0.141. The standard InChI is InChI=1S/C14H19NO3.ClH/c1-17-14(16)8-12-7-13(9-15-12)18-10-11-5-3-2-4-6-11;/h2-6,12-13,15H,7-10H2,1H3;1H. The number of rotatable bonds is 5. The van der Waals surface area contributed by atoms with Gasteiger partial charge in [0.2, 0.25) is 0 Å². The molecular weight excluding hydrogens is 266 g/mol. The number of methoxy groups -OCH3 is 1. The molecule has 0 bridgehead atoms. The molecule has 1 fully saturated rings. The number of nitrogens with one attached hydrogen (secondary N) is 1. The topological polar surface area (TPSA) is 47.6 Å². The average Bonchev–Trinajstić information content (AvgIpc) is 2.85. The monoisotopic (exact) mass is 285 g/mol. The van der Waals surface area contributed by atoms with E-state index in [1.807, 2.05) is 30.3 Å². The molecule has 1 aromatic carbocycles. The van der Waals surface area contributed by atoms with Crippen LogP contribution in [0.15, 0.2) is 30.3 Å². The Bertz CT molecular complexity index is 386. The van der Waals surface area contributed by atoms with Crippen molar-refractivity contribution >= 4 is 18.4 Å². The van der Waals surface area contributed by atoms with E-state index < -0.39 is 0 Å². The zero-order chi connectivity index (χ0) is 12.8. The summed E-state index contributed by atoms with van der Waals surface area (Å²) in [6, 6.07) is 10.3. The van der Waals surface area contributed by atoms with E-state index in [0.29, 0.717) is 13.0 Å². The minimum absolute atomic E-state index is 0. The van der Waals surface area contributed by atoms with Crippen LogP contribution in [0, 0.1) is 0 Å². The van der Waals surface area contributed by atoms with Crippen LogP contribution >= 0.6 is 12.4 Å². The van der Waals surface area contributed by atoms with Crippen molar-refractivity contribution in [2.45, 2.75) is 31.6 Å². The first-order chi connectivity index (χ1) is 8.78. The van der Waals surface area contributed by atoms with Gasteiger partial charge in [0.1, 0.15) is 0 Å². The summed E-state index contributed by atoms with van der Waals surface area (Å²) >= 11 is 0. The van der Waals surface area contributed by atoms with Crippen LogP contribution in [0.5, 0.6) is 0 Å². The molecule has 1 saturated heterocycles. The molecule has 0 aliphatic carbocycles. The Kier molecular flexibility index (Phi) is 6.84. The highest BCUT2D eigenvalue weighted by molar-refractivity contribution is 5.85. The largest absolute Gasteiger partial charge is 0.469 e. The van der Waals surface area contributed by atoms with E-state index in [1.165, 1.54) is 12.7 Å². The van der Waals surface area contributed by atoms with Gasteiger partial charge < -0.3 is 14.8 Å². The van der Waals surface area contributed by atoms with E-state index >= 15 is 0 Å². The zero-order valence-corrected chi connectivity index (χ0v) is 11.8. The summed E-state index contributed by atoms with van der Waals surface area (Å²) in [7, 11) is 1.42. The molecule has 4 nitrogen and oxygen atoms in total. The van der Waals surface area contributed by atoms with Gasteiger partial charge in [-0.05, 0) is 12.0 Å². The fourth-order valence-corrected chi connectivity index (χ4v) is 2.14. The number of carbonyl (C=O) groups excluding carboxylic acids is 1. The molecule has 0 aromatic heterocycles. The molecule has 2 atom stereocenters. The van der Waals surface area contributed by atoms with Crippen molar-refractivity contribution in [2.24, 2.45) is 0 Å². The van der Waals surface area contributed by atoms with Crippen molar-refractivity contribution in [3.8, 4) is 0 Å². The summed E-state index contributed by atoms with van der Waals surface area (Å²) < 4.78 is 10.5. The van der Waals surface area contributed by atoms with E-state index in [1.54, 1.807) is 0 Å². The van der Waals surface area contributed by atoms with Crippen molar-refractivity contribution in [1.82, 2.24) is 5.32 Å². The zero-order valence-electron chi connectivity index (χ0n) is 11.0. The molecule has 1 aromatic rings. The van der Waals surface area contributed by atoms with Gasteiger partial charge in [0.05, 0.1) is 26.2 Å². The van der Waals surface area contributed by atoms with Crippen molar-refractivity contribution in [3.63, 3.8) is 0 Å². The second-order valence-electron chi connectivity index (χ2n) is 4.54. The van der Waals surface area contributed by atoms with Crippen molar-refractivity contribution in [2.75, 3.05) is 13.7 Å². The predicted octanol–water partition coefficient (Wildman–Crippen LogP) is 1.92. The van der Waals surface area contributed by atoms with Gasteiger partial charge >= 0.3 is 5.97 Å². The number of hydrogen-bond acceptors (Lipinski definition) is 4. The molecule has 1 aliphatic rings. The van der Waals surface area contributed by atoms with Crippen LogP contribution in [0.3, 0.4) is 0 Å². The average molecular weight is 286 g/mol. The smallest absolute Gasteiger partial charge is 0.307 e. The maximum Gasteiger partial charge on any atom is 0.307 e. The van der Waals surface area contributed by atoms with Crippen LogP contribution in [0.4, 0.5) is 0 Å². The summed E-state index contributed by atoms with van der Waals surface area (Å²) in [4.78, 5) is 11.2. The molecule has 106 valence electrons. The van der Waals surface area contributed by atoms with Crippen LogP contribution in [-0.4, -0.2) is 31.8 Å². The lowest BCUT2D eigenvalue weighted by atomic mass is 10.1. The maximum atomic E-state index is 11.2. The minimum Gasteiger partial charge on any atom is -0.469 e. The van der Waals surface area contributed by atoms with Crippen molar-refractivity contribution in [3.05, 3.63) is 35.9 Å². The van der Waals surface area contributed by atoms with E-state index in [4.69, 9.17) is 4.74 Å². The van der Waals surface area contributed by atoms with Crippen LogP contribution < -0.4 is 5.32 Å². The van der Waals surface area contributed by atoms with E-state index in [2.05, 4.69) is 10.1 Å². The first kappa shape index (κ1) is 16.0.